The molecule has 2 aromatic rings. The largest absolute Gasteiger partial charge is 0.392 e. The summed E-state index contributed by atoms with van der Waals surface area (Å²) in [5.74, 6) is 0.694. The van der Waals surface area contributed by atoms with Crippen LogP contribution in [-0.2, 0) is 6.42 Å². The van der Waals surface area contributed by atoms with Gasteiger partial charge in [-0.1, -0.05) is 6.92 Å². The number of likely N-dealkylation sites (tertiary alicyclic amines) is 1. The number of aliphatic hydroxyl groups excluding tert-OH is 1. The van der Waals surface area contributed by atoms with Gasteiger partial charge >= 0.3 is 0 Å². The lowest BCUT2D eigenvalue weighted by atomic mass is 9.71. The van der Waals surface area contributed by atoms with Crippen LogP contribution in [0.1, 0.15) is 42.1 Å². The number of carbonyl (C=O) groups excluding carboxylic acids is 1. The van der Waals surface area contributed by atoms with E-state index in [1.165, 1.54) is 0 Å². The molecule has 148 valence electrons. The van der Waals surface area contributed by atoms with Gasteiger partial charge in [0.25, 0.3) is 5.91 Å². The molecule has 0 radical (unpaired) electrons. The zero-order valence-corrected chi connectivity index (χ0v) is 16.3. The molecule has 0 aromatic carbocycles. The molecule has 2 saturated heterocycles. The van der Waals surface area contributed by atoms with Crippen LogP contribution in [0.5, 0.6) is 0 Å². The SMILES string of the molecule is CCc1cnc(N2CC[C@@H](O)[C@]3(CCCN(C(=O)c4cccnc4)C3)C2)nc1. The second kappa shape index (κ2) is 7.83. The van der Waals surface area contributed by atoms with E-state index in [1.807, 2.05) is 17.3 Å². The van der Waals surface area contributed by atoms with Crippen LogP contribution in [0, 0.1) is 5.41 Å². The summed E-state index contributed by atoms with van der Waals surface area (Å²) in [5, 5.41) is 10.9. The van der Waals surface area contributed by atoms with E-state index in [9.17, 15) is 9.90 Å². The molecule has 7 nitrogen and oxygen atoms in total. The maximum Gasteiger partial charge on any atom is 0.255 e. The van der Waals surface area contributed by atoms with E-state index in [0.29, 0.717) is 37.6 Å². The predicted molar refractivity (Wildman–Crippen MR) is 106 cm³/mol. The number of carbonyl (C=O) groups is 1. The Labute approximate surface area is 165 Å². The standard InChI is InChI=1S/C21H27N5O2/c1-2-16-11-23-20(24-12-16)26-10-6-18(27)21(15-26)7-4-9-25(14-21)19(28)17-5-3-8-22-13-17/h3,5,8,11-13,18,27H,2,4,6-7,9-10,14-15H2,1H3/t18-,21+/m1/s1. The fraction of sp³-hybridized carbons (Fsp3) is 0.524. The Morgan fingerprint density at radius 1 is 1.25 bits per heavy atom. The molecule has 2 aliphatic rings. The van der Waals surface area contributed by atoms with Gasteiger partial charge in [-0.05, 0) is 43.4 Å². The van der Waals surface area contributed by atoms with E-state index in [4.69, 9.17) is 0 Å². The van der Waals surface area contributed by atoms with Crippen LogP contribution in [0.4, 0.5) is 5.95 Å². The molecular formula is C21H27N5O2. The van der Waals surface area contributed by atoms with Crippen molar-refractivity contribution in [2.45, 2.75) is 38.7 Å². The van der Waals surface area contributed by atoms with Crippen molar-refractivity contribution >= 4 is 11.9 Å². The van der Waals surface area contributed by atoms with Crippen molar-refractivity contribution in [1.82, 2.24) is 19.9 Å². The van der Waals surface area contributed by atoms with Gasteiger partial charge in [-0.15, -0.1) is 0 Å². The first kappa shape index (κ1) is 18.8. The predicted octanol–water partition coefficient (Wildman–Crippen LogP) is 1.93. The third kappa shape index (κ3) is 3.58. The minimum atomic E-state index is -0.428. The highest BCUT2D eigenvalue weighted by Crippen LogP contribution is 2.40. The van der Waals surface area contributed by atoms with Gasteiger partial charge in [0, 0.05) is 56.4 Å². The monoisotopic (exact) mass is 381 g/mol. The fourth-order valence-electron chi connectivity index (χ4n) is 4.42. The molecule has 1 spiro atoms. The third-order valence-corrected chi connectivity index (χ3v) is 6.07. The summed E-state index contributed by atoms with van der Waals surface area (Å²) in [6, 6.07) is 3.57. The average molecular weight is 381 g/mol. The topological polar surface area (TPSA) is 82.5 Å². The van der Waals surface area contributed by atoms with Gasteiger partial charge in [-0.25, -0.2) is 9.97 Å². The van der Waals surface area contributed by atoms with Crippen LogP contribution in [0.2, 0.25) is 0 Å². The fourth-order valence-corrected chi connectivity index (χ4v) is 4.42. The molecule has 1 amide bonds. The van der Waals surface area contributed by atoms with Crippen molar-refractivity contribution in [2.24, 2.45) is 5.41 Å². The molecule has 0 unspecified atom stereocenters. The molecule has 2 fully saturated rings. The van der Waals surface area contributed by atoms with Crippen molar-refractivity contribution in [2.75, 3.05) is 31.1 Å². The maximum atomic E-state index is 12.9. The van der Waals surface area contributed by atoms with Crippen LogP contribution in [-0.4, -0.2) is 63.1 Å². The number of hydrogen-bond donors (Lipinski definition) is 1. The second-order valence-electron chi connectivity index (χ2n) is 7.91. The van der Waals surface area contributed by atoms with Gasteiger partial charge in [0.15, 0.2) is 0 Å². The molecule has 2 aliphatic heterocycles. The summed E-state index contributed by atoms with van der Waals surface area (Å²) in [4.78, 5) is 30.1. The Morgan fingerprint density at radius 3 is 2.79 bits per heavy atom. The Kier molecular flexibility index (Phi) is 5.26. The van der Waals surface area contributed by atoms with Gasteiger partial charge in [0.2, 0.25) is 5.95 Å². The molecule has 0 saturated carbocycles. The lowest BCUT2D eigenvalue weighted by Crippen LogP contribution is -2.60. The number of pyridine rings is 1. The van der Waals surface area contributed by atoms with E-state index < -0.39 is 6.10 Å². The number of anilines is 1. The first-order valence-electron chi connectivity index (χ1n) is 10.0. The number of rotatable bonds is 3. The Morgan fingerprint density at radius 2 is 2.07 bits per heavy atom. The Hall–Kier alpha value is -2.54. The van der Waals surface area contributed by atoms with Crippen LogP contribution in [0.25, 0.3) is 0 Å². The van der Waals surface area contributed by atoms with E-state index >= 15 is 0 Å². The minimum Gasteiger partial charge on any atom is -0.392 e. The quantitative estimate of drug-likeness (QED) is 0.875. The highest BCUT2D eigenvalue weighted by Gasteiger charge is 2.47. The van der Waals surface area contributed by atoms with Crippen molar-refractivity contribution in [3.8, 4) is 0 Å². The Bertz CT molecular complexity index is 813. The first-order chi connectivity index (χ1) is 13.6. The molecule has 0 aliphatic carbocycles. The number of aryl methyl sites for hydroxylation is 1. The first-order valence-corrected chi connectivity index (χ1v) is 10.0. The molecule has 2 atom stereocenters. The molecule has 28 heavy (non-hydrogen) atoms. The molecule has 1 N–H and O–H groups in total. The van der Waals surface area contributed by atoms with Crippen molar-refractivity contribution in [1.29, 1.82) is 0 Å². The number of nitrogens with zero attached hydrogens (tertiary/aromatic N) is 5. The second-order valence-corrected chi connectivity index (χ2v) is 7.91. The van der Waals surface area contributed by atoms with Crippen LogP contribution in [0.15, 0.2) is 36.9 Å². The van der Waals surface area contributed by atoms with E-state index in [1.54, 1.807) is 24.5 Å². The molecule has 4 heterocycles. The Balaban J connectivity index is 1.53. The third-order valence-electron chi connectivity index (χ3n) is 6.07. The van der Waals surface area contributed by atoms with Gasteiger partial charge in [0.05, 0.1) is 11.7 Å². The molecule has 4 rings (SSSR count). The summed E-state index contributed by atoms with van der Waals surface area (Å²) < 4.78 is 0. The number of amides is 1. The van der Waals surface area contributed by atoms with Crippen molar-refractivity contribution in [3.63, 3.8) is 0 Å². The van der Waals surface area contributed by atoms with E-state index in [0.717, 1.165) is 31.4 Å². The van der Waals surface area contributed by atoms with Crippen LogP contribution in [0.3, 0.4) is 0 Å². The summed E-state index contributed by atoms with van der Waals surface area (Å²) >= 11 is 0. The zero-order valence-electron chi connectivity index (χ0n) is 16.3. The van der Waals surface area contributed by atoms with Gasteiger partial charge in [-0.3, -0.25) is 9.78 Å². The van der Waals surface area contributed by atoms with E-state index in [2.05, 4.69) is 26.8 Å². The maximum absolute atomic E-state index is 12.9. The number of aliphatic hydroxyl groups is 1. The summed E-state index contributed by atoms with van der Waals surface area (Å²) in [7, 11) is 0. The highest BCUT2D eigenvalue weighted by molar-refractivity contribution is 5.94. The minimum absolute atomic E-state index is 0.0138. The van der Waals surface area contributed by atoms with E-state index in [-0.39, 0.29) is 11.3 Å². The van der Waals surface area contributed by atoms with Crippen molar-refractivity contribution in [3.05, 3.63) is 48.0 Å². The molecule has 0 bridgehead atoms. The summed E-state index contributed by atoms with van der Waals surface area (Å²) in [5.41, 5.74) is 1.36. The smallest absolute Gasteiger partial charge is 0.255 e. The molecular weight excluding hydrogens is 354 g/mol. The van der Waals surface area contributed by atoms with Crippen LogP contribution >= 0.6 is 0 Å². The average Bonchev–Trinajstić information content (AvgIpc) is 2.76. The lowest BCUT2D eigenvalue weighted by Gasteiger charge is -2.51. The van der Waals surface area contributed by atoms with Gasteiger partial charge in [-0.2, -0.15) is 0 Å². The zero-order chi connectivity index (χ0) is 19.6. The number of hydrogen-bond acceptors (Lipinski definition) is 6. The highest BCUT2D eigenvalue weighted by atomic mass is 16.3. The lowest BCUT2D eigenvalue weighted by molar-refractivity contribution is -0.0363. The molecule has 2 aromatic heterocycles. The van der Waals surface area contributed by atoms with Crippen LogP contribution < -0.4 is 4.90 Å². The van der Waals surface area contributed by atoms with Gasteiger partial charge < -0.3 is 14.9 Å². The number of piperidine rings is 2. The van der Waals surface area contributed by atoms with Gasteiger partial charge in [0.1, 0.15) is 0 Å². The molecule has 7 heteroatoms. The summed E-state index contributed by atoms with van der Waals surface area (Å²) in [6.07, 6.45) is 9.95. The number of aromatic nitrogens is 3. The summed E-state index contributed by atoms with van der Waals surface area (Å²) in [6.45, 7) is 4.73. The normalized spacial score (nSPS) is 25.1. The van der Waals surface area contributed by atoms with Crippen molar-refractivity contribution < 1.29 is 9.90 Å².